The Morgan fingerprint density at radius 2 is 1.84 bits per heavy atom. The number of non-ortho nitro benzene ring substituents is 1. The molecule has 2 rings (SSSR count). The van der Waals surface area contributed by atoms with Crippen molar-refractivity contribution in [2.75, 3.05) is 20.6 Å². The van der Waals surface area contributed by atoms with Crippen LogP contribution in [-0.2, 0) is 14.3 Å². The van der Waals surface area contributed by atoms with Gasteiger partial charge in [-0.05, 0) is 13.0 Å². The van der Waals surface area contributed by atoms with Crippen molar-refractivity contribution >= 4 is 29.4 Å². The Hall–Kier alpha value is -3.30. The maximum absolute atomic E-state index is 12.2. The van der Waals surface area contributed by atoms with Crippen LogP contribution in [0.15, 0.2) is 18.2 Å². The molecule has 1 aliphatic heterocycles. The molecule has 3 amide bonds. The van der Waals surface area contributed by atoms with E-state index in [-0.39, 0.29) is 16.8 Å². The van der Waals surface area contributed by atoms with Gasteiger partial charge in [-0.15, -0.1) is 0 Å². The van der Waals surface area contributed by atoms with Crippen molar-refractivity contribution in [1.29, 1.82) is 0 Å². The molecule has 0 fully saturated rings. The number of nitro benzene ring substituents is 1. The van der Waals surface area contributed by atoms with Gasteiger partial charge in [-0.2, -0.15) is 0 Å². The number of likely N-dealkylation sites (N-methyl/N-ethyl adjacent to an activating group) is 1. The quantitative estimate of drug-likeness (QED) is 0.322. The Morgan fingerprint density at radius 3 is 2.40 bits per heavy atom. The summed E-state index contributed by atoms with van der Waals surface area (Å²) >= 11 is 0. The third-order valence-corrected chi connectivity index (χ3v) is 3.55. The minimum atomic E-state index is -1.07. The number of hydrogen-bond acceptors (Lipinski definition) is 7. The predicted octanol–water partition coefficient (Wildman–Crippen LogP) is 0.211. The molecular formula is C15H15N3O7. The molecular weight excluding hydrogens is 334 g/mol. The van der Waals surface area contributed by atoms with Crippen molar-refractivity contribution in [1.82, 2.24) is 9.80 Å². The molecule has 25 heavy (non-hydrogen) atoms. The van der Waals surface area contributed by atoms with Gasteiger partial charge in [0.25, 0.3) is 23.4 Å². The van der Waals surface area contributed by atoms with Crippen LogP contribution in [0.25, 0.3) is 0 Å². The van der Waals surface area contributed by atoms with Crippen molar-refractivity contribution in [2.45, 2.75) is 13.0 Å². The number of fused-ring (bicyclic) bond motifs is 1. The Labute approximate surface area is 142 Å². The molecule has 0 radical (unpaired) electrons. The Morgan fingerprint density at radius 1 is 1.24 bits per heavy atom. The van der Waals surface area contributed by atoms with E-state index in [2.05, 4.69) is 0 Å². The number of esters is 1. The lowest BCUT2D eigenvalue weighted by Gasteiger charge is -2.19. The maximum atomic E-state index is 12.2. The molecule has 1 atom stereocenters. The highest BCUT2D eigenvalue weighted by Crippen LogP contribution is 2.26. The second kappa shape index (κ2) is 6.67. The maximum Gasteiger partial charge on any atom is 0.326 e. The lowest BCUT2D eigenvalue weighted by molar-refractivity contribution is -0.384. The molecule has 132 valence electrons. The SMILES string of the molecule is C[C@@H](OC(=O)CN1C(=O)c2ccc([N+](=O)[O-])cc2C1=O)C(=O)N(C)C. The summed E-state index contributed by atoms with van der Waals surface area (Å²) in [5, 5.41) is 10.8. The van der Waals surface area contributed by atoms with E-state index in [9.17, 15) is 29.3 Å². The van der Waals surface area contributed by atoms with Crippen molar-refractivity contribution in [3.05, 3.63) is 39.4 Å². The first-order chi connectivity index (χ1) is 11.6. The summed E-state index contributed by atoms with van der Waals surface area (Å²) in [6, 6.07) is 3.25. The van der Waals surface area contributed by atoms with E-state index in [0.29, 0.717) is 4.90 Å². The fourth-order valence-corrected chi connectivity index (χ4v) is 2.31. The number of carbonyl (C=O) groups is 4. The molecule has 0 N–H and O–H groups in total. The standard InChI is InChI=1S/C15H15N3O7/c1-8(13(20)16(2)3)25-12(19)7-17-14(21)10-5-4-9(18(23)24)6-11(10)15(17)22/h4-6,8H,7H2,1-3H3/t8-/m1/s1. The number of benzene rings is 1. The lowest BCUT2D eigenvalue weighted by atomic mass is 10.1. The summed E-state index contributed by atoms with van der Waals surface area (Å²) < 4.78 is 4.91. The molecule has 10 heteroatoms. The molecule has 0 spiro atoms. The highest BCUT2D eigenvalue weighted by Gasteiger charge is 2.38. The minimum Gasteiger partial charge on any atom is -0.451 e. The molecule has 1 aliphatic rings. The van der Waals surface area contributed by atoms with Gasteiger partial charge in [0.1, 0.15) is 6.54 Å². The van der Waals surface area contributed by atoms with E-state index in [1.807, 2.05) is 0 Å². The molecule has 1 heterocycles. The normalized spacial score (nSPS) is 14.1. The van der Waals surface area contributed by atoms with Gasteiger partial charge >= 0.3 is 5.97 Å². The van der Waals surface area contributed by atoms with Gasteiger partial charge < -0.3 is 9.64 Å². The number of hydrogen-bond donors (Lipinski definition) is 0. The zero-order chi connectivity index (χ0) is 18.9. The number of rotatable bonds is 5. The number of imide groups is 1. The molecule has 0 saturated carbocycles. The number of amides is 3. The van der Waals surface area contributed by atoms with Crippen LogP contribution in [0.3, 0.4) is 0 Å². The first-order valence-corrected chi connectivity index (χ1v) is 7.18. The fourth-order valence-electron chi connectivity index (χ4n) is 2.31. The molecule has 0 aliphatic carbocycles. The highest BCUT2D eigenvalue weighted by molar-refractivity contribution is 6.22. The Balaban J connectivity index is 2.13. The van der Waals surface area contributed by atoms with Gasteiger partial charge in [-0.3, -0.25) is 34.2 Å². The van der Waals surface area contributed by atoms with E-state index in [0.717, 1.165) is 18.2 Å². The van der Waals surface area contributed by atoms with Gasteiger partial charge in [-0.1, -0.05) is 0 Å². The molecule has 10 nitrogen and oxygen atoms in total. The summed E-state index contributed by atoms with van der Waals surface area (Å²) in [6.07, 6.45) is -1.07. The zero-order valence-corrected chi connectivity index (χ0v) is 13.7. The molecule has 1 aromatic rings. The van der Waals surface area contributed by atoms with Crippen molar-refractivity contribution in [3.63, 3.8) is 0 Å². The number of carbonyl (C=O) groups excluding carboxylic acids is 4. The minimum absolute atomic E-state index is 0.0270. The van der Waals surface area contributed by atoms with Crippen LogP contribution in [-0.4, -0.2) is 65.2 Å². The Kier molecular flexibility index (Phi) is 4.82. The summed E-state index contributed by atoms with van der Waals surface area (Å²) in [5.74, 6) is -2.97. The third kappa shape index (κ3) is 3.47. The van der Waals surface area contributed by atoms with E-state index in [4.69, 9.17) is 4.74 Å². The van der Waals surface area contributed by atoms with E-state index < -0.39 is 41.3 Å². The number of ether oxygens (including phenoxy) is 1. The molecule has 0 unspecified atom stereocenters. The average molecular weight is 349 g/mol. The van der Waals surface area contributed by atoms with Gasteiger partial charge in [0.15, 0.2) is 6.10 Å². The van der Waals surface area contributed by atoms with Crippen LogP contribution in [0.5, 0.6) is 0 Å². The van der Waals surface area contributed by atoms with Gasteiger partial charge in [0, 0.05) is 26.2 Å². The highest BCUT2D eigenvalue weighted by atomic mass is 16.6. The van der Waals surface area contributed by atoms with Crippen LogP contribution >= 0.6 is 0 Å². The third-order valence-electron chi connectivity index (χ3n) is 3.55. The molecule has 1 aromatic carbocycles. The van der Waals surface area contributed by atoms with Crippen LogP contribution in [0.1, 0.15) is 27.6 Å². The molecule has 0 saturated heterocycles. The summed E-state index contributed by atoms with van der Waals surface area (Å²) in [7, 11) is 2.98. The second-order valence-corrected chi connectivity index (χ2v) is 5.55. The summed E-state index contributed by atoms with van der Waals surface area (Å²) in [6.45, 7) is 0.678. The smallest absolute Gasteiger partial charge is 0.326 e. The van der Waals surface area contributed by atoms with E-state index >= 15 is 0 Å². The Bertz CT molecular complexity index is 787. The zero-order valence-electron chi connectivity index (χ0n) is 13.7. The largest absolute Gasteiger partial charge is 0.451 e. The van der Waals surface area contributed by atoms with Crippen molar-refractivity contribution < 1.29 is 28.8 Å². The lowest BCUT2D eigenvalue weighted by Crippen LogP contribution is -2.40. The second-order valence-electron chi connectivity index (χ2n) is 5.55. The number of nitro groups is 1. The number of nitrogens with zero attached hydrogens (tertiary/aromatic N) is 3. The fraction of sp³-hybridized carbons (Fsp3) is 0.333. The van der Waals surface area contributed by atoms with Crippen LogP contribution in [0.4, 0.5) is 5.69 Å². The van der Waals surface area contributed by atoms with Crippen LogP contribution < -0.4 is 0 Å². The average Bonchev–Trinajstić information content (AvgIpc) is 2.78. The predicted molar refractivity (Wildman–Crippen MR) is 82.7 cm³/mol. The van der Waals surface area contributed by atoms with Gasteiger partial charge in [0.2, 0.25) is 0 Å². The van der Waals surface area contributed by atoms with E-state index in [1.165, 1.54) is 25.9 Å². The van der Waals surface area contributed by atoms with Gasteiger partial charge in [-0.25, -0.2) is 0 Å². The first kappa shape index (κ1) is 18.0. The van der Waals surface area contributed by atoms with Crippen LogP contribution in [0, 0.1) is 10.1 Å². The van der Waals surface area contributed by atoms with Crippen molar-refractivity contribution in [2.24, 2.45) is 0 Å². The molecule has 0 bridgehead atoms. The summed E-state index contributed by atoms with van der Waals surface area (Å²) in [4.78, 5) is 60.0. The van der Waals surface area contributed by atoms with E-state index in [1.54, 1.807) is 0 Å². The summed E-state index contributed by atoms with van der Waals surface area (Å²) in [5.41, 5.74) is -0.514. The molecule has 0 aromatic heterocycles. The topological polar surface area (TPSA) is 127 Å². The van der Waals surface area contributed by atoms with Crippen LogP contribution in [0.2, 0.25) is 0 Å². The van der Waals surface area contributed by atoms with Gasteiger partial charge in [0.05, 0.1) is 16.1 Å². The monoisotopic (exact) mass is 349 g/mol. The first-order valence-electron chi connectivity index (χ1n) is 7.18. The van der Waals surface area contributed by atoms with Crippen molar-refractivity contribution in [3.8, 4) is 0 Å².